The third-order valence-electron chi connectivity index (χ3n) is 4.11. The Kier molecular flexibility index (Phi) is 6.07. The van der Waals surface area contributed by atoms with Gasteiger partial charge in [-0.3, -0.25) is 0 Å². The van der Waals surface area contributed by atoms with Crippen LogP contribution in [0.25, 0.3) is 0 Å². The zero-order valence-corrected chi connectivity index (χ0v) is 13.6. The van der Waals surface area contributed by atoms with Crippen LogP contribution < -0.4 is 10.2 Å². The number of amides is 1. The monoisotopic (exact) mass is 317 g/mol. The standard InChI is InChI=1S/C18H25N2O3/c1-2-23-17(21)14-20(15-10-6-5-7-11-15)13-9-4-3-8-12-16(19)18(20)22/h5-7,9-11,13,16H,2-4,8,12,14,19H2,1H3/q+1. The number of para-hydroxylation sites is 1. The molecule has 1 aliphatic rings. The molecule has 2 atom stereocenters. The molecule has 5 heteroatoms. The van der Waals surface area contributed by atoms with Crippen LogP contribution in [0.1, 0.15) is 32.6 Å². The highest BCUT2D eigenvalue weighted by Crippen LogP contribution is 2.27. The Labute approximate surface area is 137 Å². The summed E-state index contributed by atoms with van der Waals surface area (Å²) in [5, 5.41) is 0. The lowest BCUT2D eigenvalue weighted by molar-refractivity contribution is -0.147. The minimum atomic E-state index is -0.590. The van der Waals surface area contributed by atoms with Gasteiger partial charge in [-0.15, -0.1) is 0 Å². The molecule has 23 heavy (non-hydrogen) atoms. The topological polar surface area (TPSA) is 69.4 Å². The maximum Gasteiger partial charge on any atom is 0.363 e. The molecule has 1 aromatic rings. The second-order valence-electron chi connectivity index (χ2n) is 5.78. The molecule has 2 N–H and O–H groups in total. The van der Waals surface area contributed by atoms with Crippen molar-refractivity contribution in [1.29, 1.82) is 0 Å². The smallest absolute Gasteiger partial charge is 0.363 e. The summed E-state index contributed by atoms with van der Waals surface area (Å²) in [6, 6.07) is 8.72. The number of quaternary nitrogens is 1. The number of hydrogen-bond donors (Lipinski definition) is 1. The lowest BCUT2D eigenvalue weighted by atomic mass is 10.1. The molecule has 2 rings (SSSR count). The van der Waals surface area contributed by atoms with Crippen molar-refractivity contribution in [2.24, 2.45) is 5.73 Å². The van der Waals surface area contributed by atoms with Gasteiger partial charge in [0.2, 0.25) is 0 Å². The highest BCUT2D eigenvalue weighted by atomic mass is 16.5. The van der Waals surface area contributed by atoms with Crippen molar-refractivity contribution in [2.75, 3.05) is 13.2 Å². The van der Waals surface area contributed by atoms with E-state index in [0.29, 0.717) is 6.42 Å². The van der Waals surface area contributed by atoms with Crippen LogP contribution >= 0.6 is 0 Å². The molecule has 0 spiro atoms. The van der Waals surface area contributed by atoms with Gasteiger partial charge in [0.15, 0.2) is 6.54 Å². The van der Waals surface area contributed by atoms with E-state index in [1.165, 1.54) is 0 Å². The summed E-state index contributed by atoms with van der Waals surface area (Å²) < 4.78 is 4.89. The normalized spacial score (nSPS) is 25.3. The van der Waals surface area contributed by atoms with Gasteiger partial charge in [0.1, 0.15) is 17.9 Å². The van der Waals surface area contributed by atoms with Crippen LogP contribution in [0, 0.1) is 0 Å². The van der Waals surface area contributed by atoms with Crippen molar-refractivity contribution in [3.05, 3.63) is 42.6 Å². The molecular formula is C18H25N2O3+. The van der Waals surface area contributed by atoms with E-state index in [1.807, 2.05) is 36.4 Å². The van der Waals surface area contributed by atoms with Crippen LogP contribution in [0.15, 0.2) is 42.6 Å². The number of allylic oxidation sites excluding steroid dienone is 1. The molecule has 0 fully saturated rings. The van der Waals surface area contributed by atoms with Crippen molar-refractivity contribution in [1.82, 2.24) is 4.48 Å². The zero-order chi connectivity index (χ0) is 16.7. The number of rotatable bonds is 4. The number of ether oxygens (including phenoxy) is 1. The number of nitrogens with zero attached hydrogens (tertiary/aromatic N) is 1. The van der Waals surface area contributed by atoms with Gasteiger partial charge >= 0.3 is 11.9 Å². The number of benzene rings is 1. The lowest BCUT2D eigenvalue weighted by Gasteiger charge is -2.32. The second kappa shape index (κ2) is 8.04. The number of carbonyl (C=O) groups is 2. The highest BCUT2D eigenvalue weighted by molar-refractivity contribution is 5.97. The molecule has 0 bridgehead atoms. The van der Waals surface area contributed by atoms with Crippen molar-refractivity contribution in [2.45, 2.75) is 38.6 Å². The highest BCUT2D eigenvalue weighted by Gasteiger charge is 2.43. The van der Waals surface area contributed by atoms with Gasteiger partial charge in [-0.05, 0) is 32.3 Å². The first-order valence-electron chi connectivity index (χ1n) is 8.17. The average molecular weight is 317 g/mol. The second-order valence-corrected chi connectivity index (χ2v) is 5.78. The predicted octanol–water partition coefficient (Wildman–Crippen LogP) is 2.50. The van der Waals surface area contributed by atoms with E-state index in [2.05, 4.69) is 0 Å². The fourth-order valence-corrected chi connectivity index (χ4v) is 2.91. The minimum absolute atomic E-state index is 0.0686. The maximum atomic E-state index is 13.1. The van der Waals surface area contributed by atoms with Gasteiger partial charge in [0, 0.05) is 12.1 Å². The first kappa shape index (κ1) is 17.4. The molecule has 124 valence electrons. The van der Waals surface area contributed by atoms with E-state index in [-0.39, 0.29) is 23.5 Å². The maximum absolute atomic E-state index is 13.1. The number of nitrogens with two attached hydrogens (primary N) is 1. The van der Waals surface area contributed by atoms with E-state index in [4.69, 9.17) is 10.5 Å². The van der Waals surface area contributed by atoms with Crippen LogP contribution in [0.3, 0.4) is 0 Å². The molecule has 0 saturated carbocycles. The first-order chi connectivity index (χ1) is 11.1. The Hall–Kier alpha value is -1.98. The first-order valence-corrected chi connectivity index (χ1v) is 8.17. The molecular weight excluding hydrogens is 292 g/mol. The summed E-state index contributed by atoms with van der Waals surface area (Å²) in [5.41, 5.74) is 6.86. The largest absolute Gasteiger partial charge is 0.462 e. The minimum Gasteiger partial charge on any atom is -0.462 e. The van der Waals surface area contributed by atoms with Crippen molar-refractivity contribution < 1.29 is 14.3 Å². The Bertz CT molecular complexity index is 571. The summed E-state index contributed by atoms with van der Waals surface area (Å²) >= 11 is 0. The quantitative estimate of drug-likeness (QED) is 0.684. The average Bonchev–Trinajstić information content (AvgIpc) is 2.62. The van der Waals surface area contributed by atoms with Crippen LogP contribution in [0.4, 0.5) is 5.69 Å². The Morgan fingerprint density at radius 3 is 2.74 bits per heavy atom. The molecule has 1 heterocycles. The van der Waals surface area contributed by atoms with Crippen molar-refractivity contribution in [3.8, 4) is 0 Å². The molecule has 0 radical (unpaired) electrons. The fourth-order valence-electron chi connectivity index (χ4n) is 2.91. The summed E-state index contributed by atoms with van der Waals surface area (Å²) in [6.45, 7) is 1.98. The SMILES string of the molecule is CCOC(=O)C[N+]1(c2ccccc2)C=CCCCCC(N)C1=O. The third kappa shape index (κ3) is 4.06. The molecule has 5 nitrogen and oxygen atoms in total. The summed E-state index contributed by atoms with van der Waals surface area (Å²) in [6.07, 6.45) is 7.19. The third-order valence-corrected chi connectivity index (χ3v) is 4.11. The Balaban J connectivity index is 2.50. The van der Waals surface area contributed by atoms with Gasteiger partial charge in [-0.1, -0.05) is 24.6 Å². The van der Waals surface area contributed by atoms with Gasteiger partial charge in [-0.2, -0.15) is 4.48 Å². The molecule has 1 aliphatic heterocycles. The van der Waals surface area contributed by atoms with Crippen molar-refractivity contribution in [3.63, 3.8) is 0 Å². The summed E-state index contributed by atoms with van der Waals surface area (Å²) in [5.74, 6) is -0.566. The molecule has 1 amide bonds. The van der Waals surface area contributed by atoms with Crippen LogP contribution in [0.5, 0.6) is 0 Å². The van der Waals surface area contributed by atoms with E-state index in [9.17, 15) is 9.59 Å². The van der Waals surface area contributed by atoms with Crippen LogP contribution in [-0.2, 0) is 14.3 Å². The fraction of sp³-hybridized carbons (Fsp3) is 0.444. The van der Waals surface area contributed by atoms with Gasteiger partial charge in [0.05, 0.1) is 6.61 Å². The van der Waals surface area contributed by atoms with E-state index < -0.39 is 12.0 Å². The van der Waals surface area contributed by atoms with Crippen molar-refractivity contribution >= 4 is 17.6 Å². The summed E-state index contributed by atoms with van der Waals surface area (Å²) in [7, 11) is 0. The molecule has 0 saturated heterocycles. The molecule has 1 aromatic carbocycles. The lowest BCUT2D eigenvalue weighted by Crippen LogP contribution is -2.59. The predicted molar refractivity (Wildman–Crippen MR) is 90.3 cm³/mol. The van der Waals surface area contributed by atoms with E-state index >= 15 is 0 Å². The Morgan fingerprint density at radius 1 is 1.30 bits per heavy atom. The van der Waals surface area contributed by atoms with Gasteiger partial charge in [-0.25, -0.2) is 9.59 Å². The van der Waals surface area contributed by atoms with E-state index in [0.717, 1.165) is 24.9 Å². The number of carbonyl (C=O) groups excluding carboxylic acids is 2. The number of esters is 1. The van der Waals surface area contributed by atoms with E-state index in [1.54, 1.807) is 13.1 Å². The van der Waals surface area contributed by atoms with Crippen LogP contribution in [-0.4, -0.2) is 31.1 Å². The van der Waals surface area contributed by atoms with Gasteiger partial charge in [0.25, 0.3) is 0 Å². The molecule has 0 aromatic heterocycles. The Morgan fingerprint density at radius 2 is 2.04 bits per heavy atom. The molecule has 0 aliphatic carbocycles. The zero-order valence-electron chi connectivity index (χ0n) is 13.6. The summed E-state index contributed by atoms with van der Waals surface area (Å²) in [4.78, 5) is 25.3. The number of hydrogen-bond acceptors (Lipinski definition) is 4. The van der Waals surface area contributed by atoms with Gasteiger partial charge < -0.3 is 10.5 Å². The van der Waals surface area contributed by atoms with Crippen LogP contribution in [0.2, 0.25) is 0 Å². The molecule has 2 unspecified atom stereocenters.